The molecule has 1 heterocycles. The molecule has 3 amide bonds. The minimum atomic E-state index is -4.79. The van der Waals surface area contributed by atoms with Crippen molar-refractivity contribution < 1.29 is 249 Å². The Labute approximate surface area is 743 Å². The van der Waals surface area contributed by atoms with E-state index in [0.29, 0.717) is 52.5 Å². The van der Waals surface area contributed by atoms with Crippen LogP contribution in [0.1, 0.15) is 62.1 Å². The number of benzene rings is 4. The van der Waals surface area contributed by atoms with E-state index in [9.17, 15) is 66.7 Å². The van der Waals surface area contributed by atoms with E-state index in [1.54, 1.807) is 35.2 Å². The Kier molecular flexibility index (Phi) is 74.4. The van der Waals surface area contributed by atoms with Crippen LogP contribution >= 0.6 is 141 Å². The van der Waals surface area contributed by atoms with Crippen molar-refractivity contribution in [1.29, 1.82) is 0 Å². The molecule has 576 valence electrons. The van der Waals surface area contributed by atoms with E-state index in [-0.39, 0.29) is 171 Å². The molecule has 3 N–H and O–H groups in total. The van der Waals surface area contributed by atoms with Gasteiger partial charge in [-0.25, -0.2) is 8.72 Å². The molecule has 0 bridgehead atoms. The fraction of sp³-hybridized carbons (Fsp3) is 0.526. The normalized spacial score (nSPS) is 11.7. The summed E-state index contributed by atoms with van der Waals surface area (Å²) in [4.78, 5) is 33.6. The molecule has 4 aromatic rings. The predicted octanol–water partition coefficient (Wildman–Crippen LogP) is 11.6. The van der Waals surface area contributed by atoms with Crippen LogP contribution in [0.25, 0.3) is 0 Å². The third-order valence-corrected chi connectivity index (χ3v) is 16.0. The third-order valence-electron chi connectivity index (χ3n) is 9.70. The van der Waals surface area contributed by atoms with Gasteiger partial charge in [-0.1, -0.05) is 61.1 Å². The summed E-state index contributed by atoms with van der Waals surface area (Å²) in [6.07, 6.45) is -13.6. The Bertz CT molecular complexity index is 2720. The number of aromatic hydroxyl groups is 1. The number of aliphatic hydroxyl groups excluding tert-OH is 1. The number of hydrogen-bond acceptors (Lipinski definition) is 19. The van der Waals surface area contributed by atoms with E-state index in [2.05, 4.69) is 132 Å². The summed E-state index contributed by atoms with van der Waals surface area (Å²) in [6.45, 7) is 9.55. The van der Waals surface area contributed by atoms with Crippen molar-refractivity contribution >= 4 is 160 Å². The monoisotopic (exact) mass is 2140 g/mol. The van der Waals surface area contributed by atoms with E-state index >= 15 is 0 Å². The van der Waals surface area contributed by atoms with Gasteiger partial charge in [0.1, 0.15) is 5.54 Å². The number of nitrogens with zero attached hydrogens (tertiary/aromatic N) is 2. The van der Waals surface area contributed by atoms with Gasteiger partial charge in [0.05, 0.1) is 60.6 Å². The number of carbonyl (C=O) groups is 3. The number of methoxy groups -OCH3 is 4. The van der Waals surface area contributed by atoms with E-state index in [1.165, 1.54) is 78.5 Å². The molecular formula is C57H76Br6F13I2K2N3O18. The van der Waals surface area contributed by atoms with Crippen molar-refractivity contribution in [2.75, 3.05) is 108 Å². The average molecular weight is 2150 g/mol. The number of rotatable bonds is 26. The van der Waals surface area contributed by atoms with Gasteiger partial charge in [-0.05, 0) is 168 Å². The molecule has 5 rings (SSSR count). The molecule has 0 aliphatic carbocycles. The summed E-state index contributed by atoms with van der Waals surface area (Å²) in [5, 5.41) is 28.5. The van der Waals surface area contributed by atoms with E-state index < -0.39 is 55.7 Å². The molecule has 1 fully saturated rings. The number of unbranched alkanes of at least 4 members (excludes halogenated alkanes) is 1. The predicted molar refractivity (Wildman–Crippen MR) is 377 cm³/mol. The third kappa shape index (κ3) is 62.6. The molecule has 1 aliphatic heterocycles. The number of ether oxygens (including phenoxy) is 11. The van der Waals surface area contributed by atoms with Gasteiger partial charge in [-0.2, -0.15) is 3.93 Å². The summed E-state index contributed by atoms with van der Waals surface area (Å²) < 4.78 is 216. The molecule has 0 unspecified atom stereocenters. The number of amides is 3. The first-order valence-electron chi connectivity index (χ1n) is 28.0. The summed E-state index contributed by atoms with van der Waals surface area (Å²) in [5.74, 6) is -2.34. The van der Waals surface area contributed by atoms with Crippen molar-refractivity contribution in [2.45, 2.75) is 90.3 Å². The van der Waals surface area contributed by atoms with Crippen LogP contribution in [0.5, 0.6) is 46.0 Å². The van der Waals surface area contributed by atoms with E-state index in [4.69, 9.17) is 54.8 Å². The van der Waals surface area contributed by atoms with Crippen LogP contribution in [-0.4, -0.2) is 175 Å². The van der Waals surface area contributed by atoms with Crippen LogP contribution in [0, 0.1) is 7.14 Å². The first-order valence-corrected chi connectivity index (χ1v) is 34.4. The Morgan fingerprint density at radius 1 is 0.604 bits per heavy atom. The second-order valence-corrected chi connectivity index (χ2v) is 25.0. The Morgan fingerprint density at radius 2 is 0.960 bits per heavy atom. The van der Waals surface area contributed by atoms with Crippen LogP contribution in [0.3, 0.4) is 0 Å². The number of halogens is 21. The number of phenolic OH excluding ortho intramolecular Hbond substituents is 1. The number of alkyl halides is 14. The topological polar surface area (TPSA) is 244 Å². The number of hydrogen-bond donors (Lipinski definition) is 3. The maximum Gasteiger partial charge on any atom is 1.00 e. The number of phenols is 1. The molecule has 0 aromatic heterocycles. The number of imide groups is 1. The van der Waals surface area contributed by atoms with Gasteiger partial charge in [0.15, 0.2) is 46.0 Å². The maximum absolute atomic E-state index is 12.3. The molecule has 1 aliphatic rings. The number of carbonyl (C=O) groups excluding carboxylic acids is 3. The van der Waals surface area contributed by atoms with Crippen molar-refractivity contribution in [2.24, 2.45) is 0 Å². The van der Waals surface area contributed by atoms with Gasteiger partial charge in [-0.3, -0.25) is 14.0 Å². The summed E-state index contributed by atoms with van der Waals surface area (Å²) >= 11 is 22.4. The summed E-state index contributed by atoms with van der Waals surface area (Å²) in [7, 11) is 8.32. The number of nitrogens with one attached hydrogen (secondary N) is 1. The first-order chi connectivity index (χ1) is 46.6. The molecule has 0 saturated carbocycles. The second kappa shape index (κ2) is 67.0. The fourth-order valence-electron chi connectivity index (χ4n) is 5.57. The summed E-state index contributed by atoms with van der Waals surface area (Å²) in [6, 6.07) is 14.1. The van der Waals surface area contributed by atoms with E-state index in [0.717, 1.165) is 55.2 Å². The maximum atomic E-state index is 12.3. The van der Waals surface area contributed by atoms with Gasteiger partial charge < -0.3 is 79.2 Å². The van der Waals surface area contributed by atoms with Gasteiger partial charge in [0, 0.05) is 107 Å². The van der Waals surface area contributed by atoms with Crippen molar-refractivity contribution in [3.63, 3.8) is 0 Å². The summed E-state index contributed by atoms with van der Waals surface area (Å²) in [5.41, 5.74) is -0.805. The molecule has 1 saturated heterocycles. The average Bonchev–Trinajstić information content (AvgIpc) is 1.65. The molecule has 0 spiro atoms. The molecule has 21 nitrogen and oxygen atoms in total. The molecule has 0 radical (unpaired) electrons. The van der Waals surface area contributed by atoms with Crippen LogP contribution in [-0.2, 0) is 33.4 Å². The smallest absolute Gasteiger partial charge is 1.00 e. The van der Waals surface area contributed by atoms with Crippen molar-refractivity contribution in [3.8, 4) is 46.0 Å². The minimum Gasteiger partial charge on any atom is -1.00 e. The van der Waals surface area contributed by atoms with Crippen LogP contribution < -0.4 is 147 Å². The van der Waals surface area contributed by atoms with Gasteiger partial charge in [0.2, 0.25) is 0 Å². The van der Waals surface area contributed by atoms with Crippen LogP contribution in [0.4, 0.5) is 61.9 Å². The zero-order valence-corrected chi connectivity index (χ0v) is 76.1. The quantitative estimate of drug-likeness (QED) is 0.00505. The SMILES string of the molecule is CC1(C)C(=O)N(Br)C(=O)N1Br.CCCCNC.CO.COCCCBr.COCCCOc1cc(Br)ccc1OC(F)(F)F.COCCCOc1cc(I)c(Br)cc1OC(F)(F)F.COCCCOc1cc(I)ccc1OC(F)(F)F.O=CO[O-].Oc1cc(Br)ccc1OC(F)(F)F.[2H]CF.[H-].[K+].[K+]. The van der Waals surface area contributed by atoms with Gasteiger partial charge in [-0.15, -0.1) is 52.7 Å². The molecule has 44 heteroatoms. The second-order valence-electron chi connectivity index (χ2n) is 17.7. The zero-order chi connectivity index (χ0) is 78.3. The molecular weight excluding hydrogens is 2070 g/mol. The Hall–Kier alpha value is 0.113. The number of urea groups is 1. The fourth-order valence-corrected chi connectivity index (χ4v) is 8.83. The van der Waals surface area contributed by atoms with Gasteiger partial charge >= 0.3 is 134 Å². The zero-order valence-electron chi connectivity index (χ0n) is 58.0. The van der Waals surface area contributed by atoms with Crippen molar-refractivity contribution in [1.82, 2.24) is 13.2 Å². The largest absolute Gasteiger partial charge is 1.00 e. The Balaban J connectivity index is -0.000000171. The van der Waals surface area contributed by atoms with Crippen LogP contribution in [0.15, 0.2) is 80.1 Å². The van der Waals surface area contributed by atoms with E-state index in [1.807, 2.05) is 52.2 Å². The first kappa shape index (κ1) is 112. The minimum absolute atomic E-state index is 0. The van der Waals surface area contributed by atoms with Crippen LogP contribution in [0.2, 0.25) is 0 Å². The standard InChI is InChI=1S/C11H11BrF3IO3.C11H12BrF3O3.C11H12F3IO3.C7H4BrF3O2.C5H6Br2N2O2.C5H13N.C4H9BrO.CH3F.CH2O3.CH4O.2K.H/c1-17-3-2-4-18-9-6-8(16)7(12)5-10(9)19-11(13,14)15;1-16-5-2-6-17-10-7-8(12)3-4-9(10)18-11(13,14)15;1-16-5-2-6-17-10-7-8(15)3-4-9(10)18-11(12,13)14;8-4-1-2-6(5(12)3-4)13-7(9,10)11;1-5(2)3(10)8(6)4(11)9(5)7;1-3-4-5-6-2;1-6-4-2-3-5;1-2;2-1-4-3;1-2;;;/h5-6H,2-4H2,1H3;2*3-4,7H,2,5-6H2,1H3;1-3,12H;1-2H3;6H,3-5H2,1-2H3;2-4H2,1H3;1H3;1,3H;2H,1H3;;;/q;;;;;;;;;;2*+1;-1/p-1/i;;;;;;;1D;;;;;. The Morgan fingerprint density at radius 3 is 1.27 bits per heavy atom. The molecule has 0 atom stereocenters. The van der Waals surface area contributed by atoms with Gasteiger partial charge in [0.25, 0.3) is 12.4 Å². The molecule has 4 aromatic carbocycles. The number of aliphatic hydroxyl groups is 1. The van der Waals surface area contributed by atoms with Crippen molar-refractivity contribution in [3.05, 3.63) is 87.3 Å². The molecule has 101 heavy (non-hydrogen) atoms.